The quantitative estimate of drug-likeness (QED) is 0.862. The van der Waals surface area contributed by atoms with Crippen molar-refractivity contribution in [1.82, 2.24) is 14.3 Å². The SMILES string of the molecule is Cn1ccnc1CNS(=O)(=O)c1ccc(CN)cc1Cl. The minimum Gasteiger partial charge on any atom is -0.337 e. The fraction of sp³-hybridized carbons (Fsp3) is 0.250. The molecule has 0 bridgehead atoms. The van der Waals surface area contributed by atoms with Gasteiger partial charge in [0.25, 0.3) is 0 Å². The first-order chi connectivity index (χ1) is 9.44. The van der Waals surface area contributed by atoms with Crippen LogP contribution in [0.1, 0.15) is 11.4 Å². The fourth-order valence-corrected chi connectivity index (χ4v) is 3.24. The highest BCUT2D eigenvalue weighted by molar-refractivity contribution is 7.89. The summed E-state index contributed by atoms with van der Waals surface area (Å²) in [6.07, 6.45) is 3.35. The molecule has 0 amide bonds. The molecule has 8 heteroatoms. The van der Waals surface area contributed by atoms with Crippen LogP contribution in [0.25, 0.3) is 0 Å². The van der Waals surface area contributed by atoms with Gasteiger partial charge in [0, 0.05) is 26.0 Å². The van der Waals surface area contributed by atoms with Gasteiger partial charge in [-0.05, 0) is 17.7 Å². The molecular weight excluding hydrogens is 300 g/mol. The van der Waals surface area contributed by atoms with Gasteiger partial charge in [-0.15, -0.1) is 0 Å². The second-order valence-corrected chi connectivity index (χ2v) is 6.39. The van der Waals surface area contributed by atoms with E-state index < -0.39 is 10.0 Å². The number of aryl methyl sites for hydroxylation is 1. The van der Waals surface area contributed by atoms with Crippen LogP contribution in [0.5, 0.6) is 0 Å². The standard InChI is InChI=1S/C12H15ClN4O2S/c1-17-5-4-15-12(17)8-16-20(18,19)11-3-2-9(7-14)6-10(11)13/h2-6,16H,7-8,14H2,1H3. The second kappa shape index (κ2) is 5.92. The summed E-state index contributed by atoms with van der Waals surface area (Å²) in [6.45, 7) is 0.404. The number of hydrogen-bond donors (Lipinski definition) is 2. The molecule has 0 unspecified atom stereocenters. The smallest absolute Gasteiger partial charge is 0.242 e. The van der Waals surface area contributed by atoms with E-state index in [2.05, 4.69) is 9.71 Å². The zero-order chi connectivity index (χ0) is 14.8. The lowest BCUT2D eigenvalue weighted by Crippen LogP contribution is -2.25. The van der Waals surface area contributed by atoms with Crippen LogP contribution < -0.4 is 10.5 Å². The normalized spacial score (nSPS) is 11.8. The third-order valence-electron chi connectivity index (χ3n) is 2.86. The Balaban J connectivity index is 2.20. The van der Waals surface area contributed by atoms with Crippen LogP contribution in [0.15, 0.2) is 35.5 Å². The molecule has 2 rings (SSSR count). The van der Waals surface area contributed by atoms with E-state index in [0.29, 0.717) is 12.4 Å². The van der Waals surface area contributed by atoms with Crippen LogP contribution in [0, 0.1) is 0 Å². The van der Waals surface area contributed by atoms with Crippen LogP contribution in [-0.2, 0) is 30.2 Å². The average molecular weight is 315 g/mol. The summed E-state index contributed by atoms with van der Waals surface area (Å²) in [5.74, 6) is 0.614. The summed E-state index contributed by atoms with van der Waals surface area (Å²) in [6, 6.07) is 4.64. The average Bonchev–Trinajstić information content (AvgIpc) is 2.81. The summed E-state index contributed by atoms with van der Waals surface area (Å²) < 4.78 is 28.6. The van der Waals surface area contributed by atoms with Gasteiger partial charge in [0.15, 0.2) is 0 Å². The van der Waals surface area contributed by atoms with Gasteiger partial charge in [-0.25, -0.2) is 18.1 Å². The Morgan fingerprint density at radius 3 is 2.75 bits per heavy atom. The van der Waals surface area contributed by atoms with Gasteiger partial charge < -0.3 is 10.3 Å². The summed E-state index contributed by atoms with van der Waals surface area (Å²) in [7, 11) is -1.89. The predicted molar refractivity (Wildman–Crippen MR) is 76.6 cm³/mol. The van der Waals surface area contributed by atoms with E-state index in [4.69, 9.17) is 17.3 Å². The van der Waals surface area contributed by atoms with E-state index >= 15 is 0 Å². The highest BCUT2D eigenvalue weighted by atomic mass is 35.5. The zero-order valence-electron chi connectivity index (χ0n) is 10.9. The van der Waals surface area contributed by atoms with Gasteiger partial charge in [-0.2, -0.15) is 0 Å². The molecule has 0 atom stereocenters. The highest BCUT2D eigenvalue weighted by Gasteiger charge is 2.18. The number of hydrogen-bond acceptors (Lipinski definition) is 4. The van der Waals surface area contributed by atoms with Crippen LogP contribution in [0.2, 0.25) is 5.02 Å². The maximum atomic E-state index is 12.2. The lowest BCUT2D eigenvalue weighted by atomic mass is 10.2. The molecular formula is C12H15ClN4O2S. The predicted octanol–water partition coefficient (Wildman–Crippen LogP) is 1.01. The summed E-state index contributed by atoms with van der Waals surface area (Å²) in [5.41, 5.74) is 6.26. The topological polar surface area (TPSA) is 90.0 Å². The van der Waals surface area contributed by atoms with Crippen molar-refractivity contribution < 1.29 is 8.42 Å². The van der Waals surface area contributed by atoms with Gasteiger partial charge >= 0.3 is 0 Å². The Labute approximate surface area is 122 Å². The van der Waals surface area contributed by atoms with Crippen molar-refractivity contribution >= 4 is 21.6 Å². The Bertz CT molecular complexity index is 712. The summed E-state index contributed by atoms with van der Waals surface area (Å²) in [5, 5.41) is 0.153. The molecule has 0 saturated carbocycles. The van der Waals surface area contributed by atoms with Gasteiger partial charge in [0.1, 0.15) is 10.7 Å². The molecule has 1 aromatic carbocycles. The molecule has 3 N–H and O–H groups in total. The number of nitrogens with zero attached hydrogens (tertiary/aromatic N) is 2. The third kappa shape index (κ3) is 3.18. The molecule has 0 radical (unpaired) electrons. The maximum Gasteiger partial charge on any atom is 0.242 e. The van der Waals surface area contributed by atoms with E-state index in [1.807, 2.05) is 0 Å². The van der Waals surface area contributed by atoms with Crippen molar-refractivity contribution in [3.63, 3.8) is 0 Å². The molecule has 1 aromatic heterocycles. The molecule has 0 aliphatic heterocycles. The monoisotopic (exact) mass is 314 g/mol. The number of sulfonamides is 1. The van der Waals surface area contributed by atoms with Crippen LogP contribution >= 0.6 is 11.6 Å². The Hall–Kier alpha value is -1.41. The lowest BCUT2D eigenvalue weighted by Gasteiger charge is -2.09. The number of rotatable bonds is 5. The van der Waals surface area contributed by atoms with Crippen LogP contribution in [-0.4, -0.2) is 18.0 Å². The van der Waals surface area contributed by atoms with Gasteiger partial charge in [-0.1, -0.05) is 17.7 Å². The molecule has 0 spiro atoms. The highest BCUT2D eigenvalue weighted by Crippen LogP contribution is 2.22. The maximum absolute atomic E-state index is 12.2. The van der Waals surface area contributed by atoms with Crippen molar-refractivity contribution in [1.29, 1.82) is 0 Å². The van der Waals surface area contributed by atoms with Gasteiger partial charge in [0.05, 0.1) is 11.6 Å². The van der Waals surface area contributed by atoms with E-state index in [9.17, 15) is 8.42 Å². The van der Waals surface area contributed by atoms with Crippen molar-refractivity contribution in [2.75, 3.05) is 0 Å². The van der Waals surface area contributed by atoms with Crippen molar-refractivity contribution in [2.45, 2.75) is 18.0 Å². The van der Waals surface area contributed by atoms with E-state index in [0.717, 1.165) is 5.56 Å². The van der Waals surface area contributed by atoms with Crippen molar-refractivity contribution in [3.05, 3.63) is 47.0 Å². The number of benzene rings is 1. The van der Waals surface area contributed by atoms with Crippen LogP contribution in [0.3, 0.4) is 0 Å². The molecule has 108 valence electrons. The molecule has 6 nitrogen and oxygen atoms in total. The van der Waals surface area contributed by atoms with Crippen LogP contribution in [0.4, 0.5) is 0 Å². The minimum atomic E-state index is -3.68. The fourth-order valence-electron chi connectivity index (χ4n) is 1.69. The lowest BCUT2D eigenvalue weighted by molar-refractivity contribution is 0.577. The molecule has 1 heterocycles. The zero-order valence-corrected chi connectivity index (χ0v) is 12.4. The second-order valence-electron chi connectivity index (χ2n) is 4.25. The molecule has 0 fully saturated rings. The largest absolute Gasteiger partial charge is 0.337 e. The first kappa shape index (κ1) is 15.0. The van der Waals surface area contributed by atoms with Gasteiger partial charge in [-0.3, -0.25) is 0 Å². The first-order valence-corrected chi connectivity index (χ1v) is 7.74. The minimum absolute atomic E-state index is 0.0329. The van der Waals surface area contributed by atoms with E-state index in [1.54, 1.807) is 36.1 Å². The summed E-state index contributed by atoms with van der Waals surface area (Å²) >= 11 is 5.99. The van der Waals surface area contributed by atoms with Crippen molar-refractivity contribution in [3.8, 4) is 0 Å². The Morgan fingerprint density at radius 1 is 1.45 bits per heavy atom. The first-order valence-electron chi connectivity index (χ1n) is 5.88. The molecule has 0 saturated heterocycles. The molecule has 20 heavy (non-hydrogen) atoms. The number of aromatic nitrogens is 2. The molecule has 0 aliphatic carbocycles. The van der Waals surface area contributed by atoms with E-state index in [-0.39, 0.29) is 16.5 Å². The third-order valence-corrected chi connectivity index (χ3v) is 4.75. The summed E-state index contributed by atoms with van der Waals surface area (Å²) in [4.78, 5) is 4.08. The Morgan fingerprint density at radius 2 is 2.20 bits per heavy atom. The van der Waals surface area contributed by atoms with Crippen molar-refractivity contribution in [2.24, 2.45) is 12.8 Å². The van der Waals surface area contributed by atoms with E-state index in [1.165, 1.54) is 6.07 Å². The Kier molecular flexibility index (Phi) is 4.44. The van der Waals surface area contributed by atoms with Gasteiger partial charge in [0.2, 0.25) is 10.0 Å². The molecule has 2 aromatic rings. The number of nitrogens with one attached hydrogen (secondary N) is 1. The molecule has 0 aliphatic rings. The number of halogens is 1. The number of nitrogens with two attached hydrogens (primary N) is 1. The number of imidazole rings is 1.